The van der Waals surface area contributed by atoms with Gasteiger partial charge in [0.05, 0.1) is 10.6 Å². The molecule has 0 aromatic heterocycles. The molecular weight excluding hydrogens is 558 g/mol. The summed E-state index contributed by atoms with van der Waals surface area (Å²) in [7, 11) is -4.12. The maximum absolute atomic E-state index is 14.5. The number of hydrogen-bond acceptors (Lipinski definition) is 4. The number of carbonyl (C=O) groups is 2. The van der Waals surface area contributed by atoms with Crippen LogP contribution in [0, 0.1) is 6.92 Å². The molecule has 0 saturated carbocycles. The average molecular weight is 598 g/mol. The number of hydrogen-bond donors (Lipinski definition) is 1. The van der Waals surface area contributed by atoms with Gasteiger partial charge in [-0.2, -0.15) is 0 Å². The quantitative estimate of drug-likeness (QED) is 0.213. The fourth-order valence-corrected chi connectivity index (χ4v) is 6.35. The summed E-state index contributed by atoms with van der Waals surface area (Å²) in [6, 6.07) is 33.2. The highest BCUT2D eigenvalue weighted by Gasteiger charge is 2.35. The third-order valence-electron chi connectivity index (χ3n) is 7.46. The number of amides is 2. The summed E-state index contributed by atoms with van der Waals surface area (Å²) in [6.45, 7) is 5.38. The molecule has 0 radical (unpaired) electrons. The minimum absolute atomic E-state index is 0.0796. The first-order chi connectivity index (χ1) is 20.7. The highest BCUT2D eigenvalue weighted by Crippen LogP contribution is 2.27. The van der Waals surface area contributed by atoms with Crippen LogP contribution < -0.4 is 9.62 Å². The van der Waals surface area contributed by atoms with Gasteiger partial charge in [-0.15, -0.1) is 0 Å². The summed E-state index contributed by atoms with van der Waals surface area (Å²) < 4.78 is 29.3. The number of aryl methyl sites for hydroxylation is 1. The van der Waals surface area contributed by atoms with Crippen molar-refractivity contribution in [1.29, 1.82) is 0 Å². The van der Waals surface area contributed by atoms with Crippen LogP contribution in [0.3, 0.4) is 0 Å². The first-order valence-electron chi connectivity index (χ1n) is 14.5. The summed E-state index contributed by atoms with van der Waals surface area (Å²) in [5.74, 6) is -0.761. The first kappa shape index (κ1) is 31.5. The van der Waals surface area contributed by atoms with E-state index in [9.17, 15) is 18.0 Å². The highest BCUT2D eigenvalue weighted by molar-refractivity contribution is 7.92. The van der Waals surface area contributed by atoms with Gasteiger partial charge in [-0.05, 0) is 55.2 Å². The van der Waals surface area contributed by atoms with E-state index in [-0.39, 0.29) is 29.8 Å². The van der Waals surface area contributed by atoms with Gasteiger partial charge in [-0.25, -0.2) is 8.42 Å². The average Bonchev–Trinajstić information content (AvgIpc) is 3.03. The van der Waals surface area contributed by atoms with E-state index < -0.39 is 28.5 Å². The molecule has 1 N–H and O–H groups in total. The summed E-state index contributed by atoms with van der Waals surface area (Å²) in [5.41, 5.74) is 2.84. The van der Waals surface area contributed by atoms with Gasteiger partial charge in [-0.3, -0.25) is 13.9 Å². The molecule has 0 heterocycles. The molecule has 0 unspecified atom stereocenters. The first-order valence-corrected chi connectivity index (χ1v) is 16.0. The third kappa shape index (κ3) is 8.11. The second-order valence-electron chi connectivity index (χ2n) is 10.6. The molecule has 0 aliphatic carbocycles. The van der Waals surface area contributed by atoms with Crippen LogP contribution in [0.1, 0.15) is 37.0 Å². The van der Waals surface area contributed by atoms with Crippen LogP contribution in [0.4, 0.5) is 5.69 Å². The van der Waals surface area contributed by atoms with E-state index >= 15 is 0 Å². The Bertz CT molecular complexity index is 1600. The number of nitrogens with zero attached hydrogens (tertiary/aromatic N) is 2. The number of anilines is 1. The van der Waals surface area contributed by atoms with Crippen molar-refractivity contribution in [2.24, 2.45) is 0 Å². The molecule has 0 aliphatic heterocycles. The largest absolute Gasteiger partial charge is 0.352 e. The molecular formula is C35H39N3O4S. The number of sulfonamides is 1. The Hall–Kier alpha value is -4.43. The number of nitrogens with one attached hydrogen (secondary N) is 1. The fraction of sp³-hybridized carbons (Fsp3) is 0.257. The van der Waals surface area contributed by atoms with Gasteiger partial charge in [0.2, 0.25) is 11.8 Å². The van der Waals surface area contributed by atoms with Crippen molar-refractivity contribution in [2.45, 2.75) is 57.1 Å². The number of rotatable bonds is 13. The molecule has 8 heteroatoms. The van der Waals surface area contributed by atoms with E-state index in [0.717, 1.165) is 21.9 Å². The molecule has 4 aromatic carbocycles. The lowest BCUT2D eigenvalue weighted by Gasteiger charge is -2.34. The van der Waals surface area contributed by atoms with Crippen molar-refractivity contribution in [3.8, 4) is 0 Å². The predicted molar refractivity (Wildman–Crippen MR) is 171 cm³/mol. The van der Waals surface area contributed by atoms with E-state index in [4.69, 9.17) is 0 Å². The second-order valence-corrected chi connectivity index (χ2v) is 12.5. The molecule has 4 rings (SSSR count). The van der Waals surface area contributed by atoms with Crippen molar-refractivity contribution in [2.75, 3.05) is 10.8 Å². The molecule has 224 valence electrons. The topological polar surface area (TPSA) is 86.8 Å². The predicted octanol–water partition coefficient (Wildman–Crippen LogP) is 5.75. The van der Waals surface area contributed by atoms with Crippen LogP contribution in [-0.4, -0.2) is 43.8 Å². The monoisotopic (exact) mass is 597 g/mol. The Labute approximate surface area is 255 Å². The Morgan fingerprint density at radius 2 is 1.30 bits per heavy atom. The van der Waals surface area contributed by atoms with E-state index in [1.807, 2.05) is 93.6 Å². The fourth-order valence-electron chi connectivity index (χ4n) is 4.85. The minimum Gasteiger partial charge on any atom is -0.352 e. The Kier molecular flexibility index (Phi) is 10.7. The van der Waals surface area contributed by atoms with E-state index in [2.05, 4.69) is 5.32 Å². The zero-order valence-corrected chi connectivity index (χ0v) is 25.7. The summed E-state index contributed by atoms with van der Waals surface area (Å²) >= 11 is 0. The van der Waals surface area contributed by atoms with Crippen LogP contribution in [0.2, 0.25) is 0 Å². The van der Waals surface area contributed by atoms with Gasteiger partial charge in [-0.1, -0.05) is 104 Å². The lowest BCUT2D eigenvalue weighted by atomic mass is 10.0. The van der Waals surface area contributed by atoms with Gasteiger partial charge in [0.15, 0.2) is 0 Å². The van der Waals surface area contributed by atoms with Gasteiger partial charge in [0, 0.05) is 19.0 Å². The highest BCUT2D eigenvalue weighted by atomic mass is 32.2. The molecule has 0 saturated heterocycles. The maximum atomic E-state index is 14.5. The van der Waals surface area contributed by atoms with Crippen LogP contribution in [0.15, 0.2) is 120 Å². The van der Waals surface area contributed by atoms with Crippen LogP contribution in [0.5, 0.6) is 0 Å². The van der Waals surface area contributed by atoms with Crippen molar-refractivity contribution in [3.63, 3.8) is 0 Å². The molecule has 0 fully saturated rings. The van der Waals surface area contributed by atoms with Gasteiger partial charge < -0.3 is 10.2 Å². The van der Waals surface area contributed by atoms with Gasteiger partial charge >= 0.3 is 0 Å². The second kappa shape index (κ2) is 14.6. The zero-order valence-electron chi connectivity index (χ0n) is 24.9. The smallest absolute Gasteiger partial charge is 0.264 e. The van der Waals surface area contributed by atoms with Crippen LogP contribution in [0.25, 0.3) is 0 Å². The Morgan fingerprint density at radius 1 is 0.767 bits per heavy atom. The van der Waals surface area contributed by atoms with Crippen LogP contribution >= 0.6 is 0 Å². The van der Waals surface area contributed by atoms with Crippen LogP contribution in [-0.2, 0) is 32.6 Å². The van der Waals surface area contributed by atoms with Crippen molar-refractivity contribution >= 4 is 27.5 Å². The molecule has 0 aliphatic rings. The molecule has 0 spiro atoms. The number of benzene rings is 4. The van der Waals surface area contributed by atoms with Crippen molar-refractivity contribution < 1.29 is 18.0 Å². The maximum Gasteiger partial charge on any atom is 0.264 e. The van der Waals surface area contributed by atoms with Crippen molar-refractivity contribution in [1.82, 2.24) is 10.2 Å². The van der Waals surface area contributed by atoms with E-state index in [0.29, 0.717) is 11.3 Å². The summed E-state index contributed by atoms with van der Waals surface area (Å²) in [6.07, 6.45) is 1.00. The third-order valence-corrected chi connectivity index (χ3v) is 9.24. The lowest BCUT2D eigenvalue weighted by molar-refractivity contribution is -0.140. The molecule has 2 amide bonds. The normalized spacial score (nSPS) is 12.6. The van der Waals surface area contributed by atoms with Gasteiger partial charge in [0.25, 0.3) is 10.0 Å². The molecule has 2 atom stereocenters. The minimum atomic E-state index is -4.12. The van der Waals surface area contributed by atoms with Gasteiger partial charge in [0.1, 0.15) is 12.6 Å². The van der Waals surface area contributed by atoms with Crippen molar-refractivity contribution in [3.05, 3.63) is 132 Å². The number of carbonyl (C=O) groups excluding carboxylic acids is 2. The summed E-state index contributed by atoms with van der Waals surface area (Å²) in [5, 5.41) is 3.06. The standard InChI is InChI=1S/C35H39N3O4S/c1-4-28(3)36-35(40)33(24-29-17-8-5-9-18-29)37(25-30-19-10-6-11-20-30)34(39)26-38(32-23-15-14-16-27(32)2)43(41,42)31-21-12-7-13-22-31/h5-23,28,33H,4,24-26H2,1-3H3,(H,36,40)/t28-,33+/m0/s1. The Balaban J connectivity index is 1.79. The number of para-hydroxylation sites is 1. The Morgan fingerprint density at radius 3 is 1.88 bits per heavy atom. The lowest BCUT2D eigenvalue weighted by Crippen LogP contribution is -2.54. The molecule has 7 nitrogen and oxygen atoms in total. The molecule has 4 aromatic rings. The van der Waals surface area contributed by atoms with E-state index in [1.165, 1.54) is 17.0 Å². The SMILES string of the molecule is CC[C@H](C)NC(=O)[C@@H](Cc1ccccc1)N(Cc1ccccc1)C(=O)CN(c1ccccc1C)S(=O)(=O)c1ccccc1. The summed E-state index contributed by atoms with van der Waals surface area (Å²) in [4.78, 5) is 29.9. The van der Waals surface area contributed by atoms with E-state index in [1.54, 1.807) is 30.3 Å². The molecule has 0 bridgehead atoms. The zero-order chi connectivity index (χ0) is 30.8. The molecule has 43 heavy (non-hydrogen) atoms.